The molecule has 2 aromatic rings. The molecule has 0 heterocycles. The molecule has 0 spiro atoms. The average molecular weight is 583 g/mol. The number of nitrogens with zero attached hydrogens (tertiary/aromatic N) is 2. The predicted octanol–water partition coefficient (Wildman–Crippen LogP) is 5.40. The second-order valence-corrected chi connectivity index (χ2v) is 12.5. The van der Waals surface area contributed by atoms with E-state index in [4.69, 9.17) is 46.4 Å². The zero-order valence-corrected chi connectivity index (χ0v) is 23.7. The Hall–Kier alpha value is -1.71. The number of rotatable bonds is 8. The van der Waals surface area contributed by atoms with Crippen LogP contribution < -0.4 is 9.62 Å². The Balaban J connectivity index is 2.51. The van der Waals surface area contributed by atoms with Crippen LogP contribution in [0.5, 0.6) is 0 Å². The molecule has 0 aliphatic rings. The maximum absolute atomic E-state index is 13.6. The van der Waals surface area contributed by atoms with Gasteiger partial charge in [0.05, 0.1) is 22.0 Å². The minimum absolute atomic E-state index is 0.0217. The van der Waals surface area contributed by atoms with Gasteiger partial charge in [0.25, 0.3) is 0 Å². The predicted molar refractivity (Wildman–Crippen MR) is 143 cm³/mol. The first-order chi connectivity index (χ1) is 16.0. The third-order valence-electron chi connectivity index (χ3n) is 4.93. The van der Waals surface area contributed by atoms with Crippen LogP contribution in [0.2, 0.25) is 20.1 Å². The molecule has 2 aromatic carbocycles. The third-order valence-corrected chi connectivity index (χ3v) is 7.58. The van der Waals surface area contributed by atoms with Crippen LogP contribution in [0, 0.1) is 0 Å². The second-order valence-electron chi connectivity index (χ2n) is 8.98. The Bertz CT molecular complexity index is 1200. The number of anilines is 1. The standard InChI is InChI=1S/C23H27Cl4N3O4S/c1-14(22(32)28-23(2,3)4)29(12-15-16(24)8-6-9-17(15)25)20(31)13-30(35(5,33)34)19-11-7-10-18(26)21(19)27/h6-11,14H,12-13H2,1-5H3,(H,28,32). The summed E-state index contributed by atoms with van der Waals surface area (Å²) in [6.07, 6.45) is 0.947. The molecule has 12 heteroatoms. The quantitative estimate of drug-likeness (QED) is 0.451. The van der Waals surface area contributed by atoms with Crippen molar-refractivity contribution in [1.82, 2.24) is 10.2 Å². The van der Waals surface area contributed by atoms with Crippen LogP contribution in [-0.4, -0.2) is 49.5 Å². The lowest BCUT2D eigenvalue weighted by Crippen LogP contribution is -2.54. The number of carbonyl (C=O) groups is 2. The fraction of sp³-hybridized carbons (Fsp3) is 0.391. The van der Waals surface area contributed by atoms with E-state index in [2.05, 4.69) is 5.32 Å². The number of halogens is 4. The molecular weight excluding hydrogens is 556 g/mol. The molecule has 1 atom stereocenters. The van der Waals surface area contributed by atoms with Gasteiger partial charge in [-0.2, -0.15) is 0 Å². The Labute approximate surface area is 226 Å². The van der Waals surface area contributed by atoms with Gasteiger partial charge in [-0.05, 0) is 52.0 Å². The molecule has 2 amide bonds. The highest BCUT2D eigenvalue weighted by Crippen LogP contribution is 2.34. The van der Waals surface area contributed by atoms with Gasteiger partial charge in [-0.1, -0.05) is 58.5 Å². The molecule has 0 bridgehead atoms. The zero-order valence-electron chi connectivity index (χ0n) is 19.9. The van der Waals surface area contributed by atoms with Crippen molar-refractivity contribution < 1.29 is 18.0 Å². The van der Waals surface area contributed by atoms with Crippen molar-refractivity contribution in [3.05, 3.63) is 62.1 Å². The van der Waals surface area contributed by atoms with Crippen LogP contribution in [0.3, 0.4) is 0 Å². The van der Waals surface area contributed by atoms with Gasteiger partial charge in [0.1, 0.15) is 12.6 Å². The first-order valence-electron chi connectivity index (χ1n) is 10.5. The molecule has 0 saturated heterocycles. The van der Waals surface area contributed by atoms with Crippen LogP contribution in [0.25, 0.3) is 0 Å². The molecule has 0 fully saturated rings. The number of hydrogen-bond acceptors (Lipinski definition) is 4. The van der Waals surface area contributed by atoms with Gasteiger partial charge < -0.3 is 10.2 Å². The Morgan fingerprint density at radius 2 is 1.49 bits per heavy atom. The van der Waals surface area contributed by atoms with Gasteiger partial charge in [0.2, 0.25) is 21.8 Å². The molecule has 1 N–H and O–H groups in total. The van der Waals surface area contributed by atoms with Crippen LogP contribution in [-0.2, 0) is 26.2 Å². The first-order valence-corrected chi connectivity index (χ1v) is 13.8. The van der Waals surface area contributed by atoms with Crippen molar-refractivity contribution in [1.29, 1.82) is 0 Å². The van der Waals surface area contributed by atoms with E-state index in [9.17, 15) is 18.0 Å². The maximum atomic E-state index is 13.6. The van der Waals surface area contributed by atoms with E-state index >= 15 is 0 Å². The van der Waals surface area contributed by atoms with Crippen molar-refractivity contribution in [3.63, 3.8) is 0 Å². The monoisotopic (exact) mass is 581 g/mol. The fourth-order valence-electron chi connectivity index (χ4n) is 3.19. The van der Waals surface area contributed by atoms with Crippen molar-refractivity contribution in [2.24, 2.45) is 0 Å². The molecule has 192 valence electrons. The van der Waals surface area contributed by atoms with Gasteiger partial charge in [0, 0.05) is 27.7 Å². The highest BCUT2D eigenvalue weighted by Gasteiger charge is 2.32. The van der Waals surface area contributed by atoms with Crippen molar-refractivity contribution in [3.8, 4) is 0 Å². The molecular formula is C23H27Cl4N3O4S. The van der Waals surface area contributed by atoms with E-state index in [0.29, 0.717) is 15.6 Å². The van der Waals surface area contributed by atoms with E-state index in [1.165, 1.54) is 23.1 Å². The molecule has 2 rings (SSSR count). The number of nitrogens with one attached hydrogen (secondary N) is 1. The topological polar surface area (TPSA) is 86.8 Å². The summed E-state index contributed by atoms with van der Waals surface area (Å²) in [6.45, 7) is 6.20. The SMILES string of the molecule is CC(C(=O)NC(C)(C)C)N(Cc1c(Cl)cccc1Cl)C(=O)CN(c1cccc(Cl)c1Cl)S(C)(=O)=O. The highest BCUT2D eigenvalue weighted by molar-refractivity contribution is 7.92. The third kappa shape index (κ3) is 7.89. The summed E-state index contributed by atoms with van der Waals surface area (Å²) < 4.78 is 26.1. The number of hydrogen-bond donors (Lipinski definition) is 1. The van der Waals surface area contributed by atoms with E-state index in [-0.39, 0.29) is 22.3 Å². The maximum Gasteiger partial charge on any atom is 0.244 e. The van der Waals surface area contributed by atoms with Crippen molar-refractivity contribution in [2.75, 3.05) is 17.1 Å². The summed E-state index contributed by atoms with van der Waals surface area (Å²) in [5, 5.41) is 3.54. The van der Waals surface area contributed by atoms with Crippen molar-refractivity contribution in [2.45, 2.75) is 45.8 Å². The Kier molecular flexibility index (Phi) is 9.75. The first kappa shape index (κ1) is 29.5. The second kappa shape index (κ2) is 11.6. The van der Waals surface area contributed by atoms with Crippen molar-refractivity contribution >= 4 is 73.9 Å². The summed E-state index contributed by atoms with van der Waals surface area (Å²) in [5.41, 5.74) is -0.0984. The summed E-state index contributed by atoms with van der Waals surface area (Å²) in [6, 6.07) is 8.36. The molecule has 0 aliphatic heterocycles. The van der Waals surface area contributed by atoms with E-state index in [1.807, 2.05) is 0 Å². The molecule has 0 saturated carbocycles. The van der Waals surface area contributed by atoms with Gasteiger partial charge in [0.15, 0.2) is 0 Å². The van der Waals surface area contributed by atoms with Crippen LogP contribution in [0.1, 0.15) is 33.3 Å². The molecule has 7 nitrogen and oxygen atoms in total. The summed E-state index contributed by atoms with van der Waals surface area (Å²) in [7, 11) is -3.96. The molecule has 0 aromatic heterocycles. The van der Waals surface area contributed by atoms with E-state index < -0.39 is 40.0 Å². The van der Waals surface area contributed by atoms with Crippen LogP contribution in [0.4, 0.5) is 5.69 Å². The average Bonchev–Trinajstić information content (AvgIpc) is 2.71. The van der Waals surface area contributed by atoms with Crippen LogP contribution >= 0.6 is 46.4 Å². The van der Waals surface area contributed by atoms with Gasteiger partial charge in [-0.25, -0.2) is 8.42 Å². The Morgan fingerprint density at radius 1 is 0.971 bits per heavy atom. The molecule has 1 unspecified atom stereocenters. The lowest BCUT2D eigenvalue weighted by atomic mass is 10.1. The number of carbonyl (C=O) groups excluding carboxylic acids is 2. The molecule has 0 aliphatic carbocycles. The lowest BCUT2D eigenvalue weighted by Gasteiger charge is -2.33. The summed E-state index contributed by atoms with van der Waals surface area (Å²) in [4.78, 5) is 27.8. The smallest absolute Gasteiger partial charge is 0.244 e. The van der Waals surface area contributed by atoms with E-state index in [1.54, 1.807) is 45.9 Å². The molecule has 0 radical (unpaired) electrons. The lowest BCUT2D eigenvalue weighted by molar-refractivity contribution is -0.140. The highest BCUT2D eigenvalue weighted by atomic mass is 35.5. The van der Waals surface area contributed by atoms with Crippen LogP contribution in [0.15, 0.2) is 36.4 Å². The minimum atomic E-state index is -3.96. The minimum Gasteiger partial charge on any atom is -0.350 e. The summed E-state index contributed by atoms with van der Waals surface area (Å²) >= 11 is 25.0. The Morgan fingerprint density at radius 3 is 2.00 bits per heavy atom. The van der Waals surface area contributed by atoms with Gasteiger partial charge >= 0.3 is 0 Å². The number of benzene rings is 2. The van der Waals surface area contributed by atoms with Gasteiger partial charge in [-0.3, -0.25) is 13.9 Å². The summed E-state index contributed by atoms with van der Waals surface area (Å²) in [5.74, 6) is -1.10. The number of sulfonamides is 1. The number of amides is 2. The fourth-order valence-corrected chi connectivity index (χ4v) is 5.01. The van der Waals surface area contributed by atoms with E-state index in [0.717, 1.165) is 10.6 Å². The molecule has 35 heavy (non-hydrogen) atoms. The normalized spacial score (nSPS) is 12.7. The largest absolute Gasteiger partial charge is 0.350 e. The zero-order chi connectivity index (χ0) is 26.7. The van der Waals surface area contributed by atoms with Gasteiger partial charge in [-0.15, -0.1) is 0 Å².